The summed E-state index contributed by atoms with van der Waals surface area (Å²) in [6.45, 7) is 13.4. The summed E-state index contributed by atoms with van der Waals surface area (Å²) in [4.78, 5) is 0. The molecule has 0 aliphatic rings. The van der Waals surface area contributed by atoms with E-state index in [0.29, 0.717) is 17.8 Å². The maximum absolute atomic E-state index is 5.21. The van der Waals surface area contributed by atoms with Gasteiger partial charge in [0.25, 0.3) is 0 Å². The van der Waals surface area contributed by atoms with E-state index in [9.17, 15) is 0 Å². The van der Waals surface area contributed by atoms with Gasteiger partial charge in [-0.15, -0.1) is 6.42 Å². The first-order valence-corrected chi connectivity index (χ1v) is 5.37. The number of hydrogen-bond acceptors (Lipinski definition) is 0. The van der Waals surface area contributed by atoms with Crippen LogP contribution in [0.25, 0.3) is 0 Å². The van der Waals surface area contributed by atoms with Crippen molar-refractivity contribution in [3.63, 3.8) is 0 Å². The highest BCUT2D eigenvalue weighted by Crippen LogP contribution is 2.42. The largest absolute Gasteiger partial charge is 0.106 e. The lowest BCUT2D eigenvalue weighted by Gasteiger charge is -2.40. The molecule has 0 nitrogen and oxygen atoms in total. The normalized spacial score (nSPS) is 11.4. The van der Waals surface area contributed by atoms with E-state index in [1.165, 1.54) is 0 Å². The van der Waals surface area contributed by atoms with Gasteiger partial charge >= 0.3 is 0 Å². The molecule has 0 bridgehead atoms. The highest BCUT2D eigenvalue weighted by molar-refractivity contribution is 5.27. The zero-order chi connectivity index (χ0) is 11.4. The molecule has 78 valence electrons. The molecule has 0 aliphatic carbocycles. The highest BCUT2D eigenvalue weighted by atomic mass is 14.4. The van der Waals surface area contributed by atoms with Crippen LogP contribution in [0.3, 0.4) is 0 Å². The Hall–Kier alpha value is -0.880. The summed E-state index contributed by atoms with van der Waals surface area (Å²) in [6, 6.07) is 0. The van der Waals surface area contributed by atoms with E-state index in [-0.39, 0.29) is 5.41 Å². The second-order valence-corrected chi connectivity index (χ2v) is 4.79. The van der Waals surface area contributed by atoms with Crippen LogP contribution in [-0.4, -0.2) is 0 Å². The zero-order valence-corrected chi connectivity index (χ0v) is 10.3. The summed E-state index contributed by atoms with van der Waals surface area (Å²) in [6.07, 6.45) is 5.21. The van der Waals surface area contributed by atoms with E-state index in [1.807, 2.05) is 0 Å². The van der Waals surface area contributed by atoms with Crippen LogP contribution in [0.15, 0.2) is 0 Å². The predicted octanol–water partition coefficient (Wildman–Crippen LogP) is 3.58. The van der Waals surface area contributed by atoms with Crippen molar-refractivity contribution in [3.05, 3.63) is 0 Å². The van der Waals surface area contributed by atoms with E-state index >= 15 is 0 Å². The van der Waals surface area contributed by atoms with Gasteiger partial charge in [0.2, 0.25) is 0 Å². The van der Waals surface area contributed by atoms with Crippen molar-refractivity contribution in [2.24, 2.45) is 23.2 Å². The molecular weight excluding hydrogens is 168 g/mol. The molecular formula is C14H22. The minimum absolute atomic E-state index is 0.0480. The lowest BCUT2D eigenvalue weighted by atomic mass is 9.63. The van der Waals surface area contributed by atoms with Crippen molar-refractivity contribution >= 4 is 0 Å². The SMILES string of the molecule is C#CC#CC(C(C)C)(C(C)C)C(C)C. The van der Waals surface area contributed by atoms with Gasteiger partial charge in [-0.05, 0) is 29.6 Å². The quantitative estimate of drug-likeness (QED) is 0.597. The molecule has 0 N–H and O–H groups in total. The van der Waals surface area contributed by atoms with Gasteiger partial charge in [0, 0.05) is 5.41 Å². The van der Waals surface area contributed by atoms with Gasteiger partial charge in [0.15, 0.2) is 0 Å². The van der Waals surface area contributed by atoms with Gasteiger partial charge in [-0.2, -0.15) is 0 Å². The average Bonchev–Trinajstić information content (AvgIpc) is 2.03. The lowest BCUT2D eigenvalue weighted by molar-refractivity contribution is 0.123. The Bertz CT molecular complexity index is 241. The molecule has 0 atom stereocenters. The molecule has 0 radical (unpaired) electrons. The van der Waals surface area contributed by atoms with Crippen LogP contribution in [-0.2, 0) is 0 Å². The van der Waals surface area contributed by atoms with Crippen LogP contribution in [0.1, 0.15) is 41.5 Å². The van der Waals surface area contributed by atoms with E-state index in [0.717, 1.165) is 0 Å². The molecule has 0 heterocycles. The fraction of sp³-hybridized carbons (Fsp3) is 0.714. The lowest BCUT2D eigenvalue weighted by Crippen LogP contribution is -2.37. The molecule has 0 heteroatoms. The molecule has 14 heavy (non-hydrogen) atoms. The summed E-state index contributed by atoms with van der Waals surface area (Å²) in [5.41, 5.74) is 0.0480. The monoisotopic (exact) mass is 190 g/mol. The minimum atomic E-state index is 0.0480. The minimum Gasteiger partial charge on any atom is -0.106 e. The standard InChI is InChI=1S/C14H22/c1-8-9-10-14(11(2)3,12(4)5)13(6)7/h1,11-13H,2-7H3. The fourth-order valence-corrected chi connectivity index (χ4v) is 2.58. The Balaban J connectivity index is 5.30. The topological polar surface area (TPSA) is 0 Å². The van der Waals surface area contributed by atoms with Gasteiger partial charge in [-0.3, -0.25) is 0 Å². The van der Waals surface area contributed by atoms with Crippen molar-refractivity contribution in [1.82, 2.24) is 0 Å². The average molecular weight is 190 g/mol. The molecule has 0 spiro atoms. The number of rotatable bonds is 3. The molecule has 0 fully saturated rings. The van der Waals surface area contributed by atoms with Crippen LogP contribution in [0.4, 0.5) is 0 Å². The smallest absolute Gasteiger partial charge is 0.0393 e. The third-order valence-corrected chi connectivity index (χ3v) is 3.22. The third kappa shape index (κ3) is 2.33. The maximum atomic E-state index is 5.21. The van der Waals surface area contributed by atoms with Crippen molar-refractivity contribution in [2.75, 3.05) is 0 Å². The van der Waals surface area contributed by atoms with Gasteiger partial charge in [0.1, 0.15) is 0 Å². The molecule has 0 aromatic heterocycles. The van der Waals surface area contributed by atoms with E-state index in [4.69, 9.17) is 6.42 Å². The van der Waals surface area contributed by atoms with Gasteiger partial charge < -0.3 is 0 Å². The molecule has 0 amide bonds. The van der Waals surface area contributed by atoms with Crippen molar-refractivity contribution < 1.29 is 0 Å². The van der Waals surface area contributed by atoms with Gasteiger partial charge in [-0.25, -0.2) is 0 Å². The Kier molecular flexibility index (Phi) is 4.79. The zero-order valence-electron chi connectivity index (χ0n) is 10.3. The molecule has 0 aliphatic heterocycles. The van der Waals surface area contributed by atoms with Crippen molar-refractivity contribution in [1.29, 1.82) is 0 Å². The van der Waals surface area contributed by atoms with Crippen molar-refractivity contribution in [3.8, 4) is 24.2 Å². The Morgan fingerprint density at radius 2 is 1.21 bits per heavy atom. The van der Waals surface area contributed by atoms with Crippen LogP contribution in [0.2, 0.25) is 0 Å². The van der Waals surface area contributed by atoms with E-state index in [2.05, 4.69) is 59.3 Å². The maximum Gasteiger partial charge on any atom is 0.0393 e. The summed E-state index contributed by atoms with van der Waals surface area (Å²) < 4.78 is 0. The number of terminal acetylenes is 1. The Labute approximate surface area is 89.5 Å². The first kappa shape index (κ1) is 13.1. The molecule has 0 saturated carbocycles. The second kappa shape index (κ2) is 5.11. The summed E-state index contributed by atoms with van der Waals surface area (Å²) in [7, 11) is 0. The van der Waals surface area contributed by atoms with Crippen LogP contribution < -0.4 is 0 Å². The van der Waals surface area contributed by atoms with Crippen molar-refractivity contribution in [2.45, 2.75) is 41.5 Å². The van der Waals surface area contributed by atoms with Crippen LogP contribution in [0, 0.1) is 47.4 Å². The number of hydrogen-bond donors (Lipinski definition) is 0. The Morgan fingerprint density at radius 3 is 1.43 bits per heavy atom. The molecule has 0 rings (SSSR count). The van der Waals surface area contributed by atoms with E-state index < -0.39 is 0 Å². The molecule has 0 saturated heterocycles. The molecule has 0 aromatic carbocycles. The third-order valence-electron chi connectivity index (χ3n) is 3.22. The van der Waals surface area contributed by atoms with Gasteiger partial charge in [0.05, 0.1) is 0 Å². The summed E-state index contributed by atoms with van der Waals surface area (Å²) >= 11 is 0. The summed E-state index contributed by atoms with van der Waals surface area (Å²) in [5.74, 6) is 10.1. The Morgan fingerprint density at radius 1 is 0.857 bits per heavy atom. The first-order chi connectivity index (χ1) is 6.39. The van der Waals surface area contributed by atoms with Gasteiger partial charge in [-0.1, -0.05) is 47.5 Å². The second-order valence-electron chi connectivity index (χ2n) is 4.79. The van der Waals surface area contributed by atoms with Crippen LogP contribution in [0.5, 0.6) is 0 Å². The van der Waals surface area contributed by atoms with Crippen LogP contribution >= 0.6 is 0 Å². The van der Waals surface area contributed by atoms with E-state index in [1.54, 1.807) is 0 Å². The molecule has 0 unspecified atom stereocenters. The fourth-order valence-electron chi connectivity index (χ4n) is 2.58. The molecule has 0 aromatic rings. The first-order valence-electron chi connectivity index (χ1n) is 5.37. The highest BCUT2D eigenvalue weighted by Gasteiger charge is 2.38. The predicted molar refractivity (Wildman–Crippen MR) is 63.6 cm³/mol. The summed E-state index contributed by atoms with van der Waals surface area (Å²) in [5, 5.41) is 0.